The molecule has 2 heterocycles. The van der Waals surface area contributed by atoms with Crippen LogP contribution in [0.3, 0.4) is 0 Å². The van der Waals surface area contributed by atoms with Crippen LogP contribution in [0.5, 0.6) is 0 Å². The molecule has 1 aromatic carbocycles. The van der Waals surface area contributed by atoms with Gasteiger partial charge >= 0.3 is 0 Å². The lowest BCUT2D eigenvalue weighted by Crippen LogP contribution is -2.16. The van der Waals surface area contributed by atoms with E-state index in [1.165, 1.54) is 22.0 Å². The van der Waals surface area contributed by atoms with E-state index in [2.05, 4.69) is 79.2 Å². The molecule has 0 aliphatic heterocycles. The summed E-state index contributed by atoms with van der Waals surface area (Å²) in [6, 6.07) is 9.29. The number of hydrogen-bond donors (Lipinski definition) is 0. The van der Waals surface area contributed by atoms with Crippen LogP contribution in [-0.2, 0) is 20.1 Å². The van der Waals surface area contributed by atoms with Crippen molar-refractivity contribution in [2.45, 2.75) is 33.0 Å². The average molecular weight is 296 g/mol. The van der Waals surface area contributed by atoms with Crippen molar-refractivity contribution in [2.24, 2.45) is 7.05 Å². The highest BCUT2D eigenvalue weighted by Gasteiger charge is 2.07. The first-order valence-corrected chi connectivity index (χ1v) is 7.78. The molecular weight excluding hydrogens is 272 g/mol. The maximum Gasteiger partial charge on any atom is 0.0534 e. The normalized spacial score (nSPS) is 11.9. The Hall–Kier alpha value is -2.07. The smallest absolute Gasteiger partial charge is 0.0534 e. The van der Waals surface area contributed by atoms with Crippen LogP contribution in [-0.4, -0.2) is 26.3 Å². The van der Waals surface area contributed by atoms with E-state index in [0.29, 0.717) is 6.04 Å². The summed E-state index contributed by atoms with van der Waals surface area (Å²) in [6.45, 7) is 6.16. The van der Waals surface area contributed by atoms with Crippen LogP contribution < -0.4 is 0 Å². The zero-order valence-corrected chi connectivity index (χ0v) is 13.8. The van der Waals surface area contributed by atoms with Gasteiger partial charge in [0, 0.05) is 49.7 Å². The van der Waals surface area contributed by atoms with E-state index in [1.54, 1.807) is 0 Å². The molecule has 0 spiro atoms. The predicted octanol–water partition coefficient (Wildman–Crippen LogP) is 3.59. The Morgan fingerprint density at radius 2 is 1.91 bits per heavy atom. The number of hydrogen-bond acceptors (Lipinski definition) is 2. The zero-order chi connectivity index (χ0) is 15.7. The van der Waals surface area contributed by atoms with E-state index in [1.807, 2.05) is 10.9 Å². The Morgan fingerprint density at radius 3 is 2.64 bits per heavy atom. The Morgan fingerprint density at radius 1 is 1.14 bits per heavy atom. The number of fused-ring (bicyclic) bond motifs is 1. The second-order valence-electron chi connectivity index (χ2n) is 6.41. The molecule has 0 aliphatic rings. The molecule has 4 nitrogen and oxygen atoms in total. The van der Waals surface area contributed by atoms with E-state index < -0.39 is 0 Å². The van der Waals surface area contributed by atoms with Crippen LogP contribution in [0.2, 0.25) is 0 Å². The van der Waals surface area contributed by atoms with Crippen molar-refractivity contribution in [3.8, 4) is 0 Å². The van der Waals surface area contributed by atoms with Gasteiger partial charge in [-0.15, -0.1) is 0 Å². The van der Waals surface area contributed by atoms with Crippen molar-refractivity contribution >= 4 is 10.9 Å². The molecule has 0 bridgehead atoms. The molecule has 0 fully saturated rings. The van der Waals surface area contributed by atoms with Crippen LogP contribution in [0.15, 0.2) is 42.9 Å². The molecule has 0 saturated heterocycles. The quantitative estimate of drug-likeness (QED) is 0.719. The molecule has 0 N–H and O–H groups in total. The summed E-state index contributed by atoms with van der Waals surface area (Å²) in [5.74, 6) is 0. The van der Waals surface area contributed by atoms with Crippen molar-refractivity contribution in [2.75, 3.05) is 7.05 Å². The van der Waals surface area contributed by atoms with Gasteiger partial charge in [-0.1, -0.05) is 6.07 Å². The molecule has 0 saturated carbocycles. The van der Waals surface area contributed by atoms with E-state index in [-0.39, 0.29) is 0 Å². The molecule has 0 unspecified atom stereocenters. The summed E-state index contributed by atoms with van der Waals surface area (Å²) in [6.07, 6.45) is 6.22. The fourth-order valence-corrected chi connectivity index (χ4v) is 2.85. The monoisotopic (exact) mass is 296 g/mol. The highest BCUT2D eigenvalue weighted by Crippen LogP contribution is 2.18. The molecule has 116 valence electrons. The molecule has 0 atom stereocenters. The lowest BCUT2D eigenvalue weighted by atomic mass is 10.1. The first kappa shape index (κ1) is 14.9. The van der Waals surface area contributed by atoms with Crippen LogP contribution in [0.25, 0.3) is 10.9 Å². The number of rotatable bonds is 5. The van der Waals surface area contributed by atoms with Crippen LogP contribution in [0.4, 0.5) is 0 Å². The standard InChI is InChI=1S/C18H24N4/c1-14(2)22-13-16(10-19-22)12-20(3)11-15-5-6-18-17(9-15)7-8-21(18)4/h5-10,13-14H,11-12H2,1-4H3. The Bertz CT molecular complexity index is 766. The third-order valence-corrected chi connectivity index (χ3v) is 4.04. The fraction of sp³-hybridized carbons (Fsp3) is 0.389. The molecule has 0 radical (unpaired) electrons. The third-order valence-electron chi connectivity index (χ3n) is 4.04. The molecular formula is C18H24N4. The molecule has 3 rings (SSSR count). The van der Waals surface area contributed by atoms with Gasteiger partial charge in [-0.3, -0.25) is 9.58 Å². The third kappa shape index (κ3) is 3.07. The number of nitrogens with zero attached hydrogens (tertiary/aromatic N) is 4. The van der Waals surface area contributed by atoms with Crippen molar-refractivity contribution in [3.05, 3.63) is 54.0 Å². The van der Waals surface area contributed by atoms with Gasteiger partial charge in [-0.2, -0.15) is 5.10 Å². The van der Waals surface area contributed by atoms with Gasteiger partial charge in [0.05, 0.1) is 6.20 Å². The van der Waals surface area contributed by atoms with E-state index >= 15 is 0 Å². The van der Waals surface area contributed by atoms with E-state index in [4.69, 9.17) is 0 Å². The van der Waals surface area contributed by atoms with Gasteiger partial charge in [0.15, 0.2) is 0 Å². The number of benzene rings is 1. The van der Waals surface area contributed by atoms with Crippen molar-refractivity contribution in [3.63, 3.8) is 0 Å². The minimum absolute atomic E-state index is 0.416. The summed E-state index contributed by atoms with van der Waals surface area (Å²) >= 11 is 0. The maximum atomic E-state index is 4.41. The summed E-state index contributed by atoms with van der Waals surface area (Å²) in [5, 5.41) is 5.71. The van der Waals surface area contributed by atoms with Crippen molar-refractivity contribution in [1.82, 2.24) is 19.2 Å². The van der Waals surface area contributed by atoms with Crippen LogP contribution in [0.1, 0.15) is 31.0 Å². The lowest BCUT2D eigenvalue weighted by molar-refractivity contribution is 0.319. The number of aryl methyl sites for hydroxylation is 1. The van der Waals surface area contributed by atoms with Gasteiger partial charge in [0.1, 0.15) is 0 Å². The molecule has 0 aliphatic carbocycles. The predicted molar refractivity (Wildman–Crippen MR) is 90.7 cm³/mol. The summed E-state index contributed by atoms with van der Waals surface area (Å²) in [4.78, 5) is 2.33. The Kier molecular flexibility index (Phi) is 4.03. The van der Waals surface area contributed by atoms with Gasteiger partial charge in [0.25, 0.3) is 0 Å². The SMILES string of the molecule is CC(C)n1cc(CN(C)Cc2ccc3c(ccn3C)c2)cn1. The first-order chi connectivity index (χ1) is 10.5. The highest BCUT2D eigenvalue weighted by atomic mass is 15.3. The highest BCUT2D eigenvalue weighted by molar-refractivity contribution is 5.80. The molecule has 0 amide bonds. The zero-order valence-electron chi connectivity index (χ0n) is 13.8. The Balaban J connectivity index is 1.67. The van der Waals surface area contributed by atoms with Crippen molar-refractivity contribution < 1.29 is 0 Å². The van der Waals surface area contributed by atoms with Gasteiger partial charge in [0.2, 0.25) is 0 Å². The second kappa shape index (κ2) is 5.97. The molecule has 22 heavy (non-hydrogen) atoms. The molecule has 4 heteroatoms. The largest absolute Gasteiger partial charge is 0.351 e. The second-order valence-corrected chi connectivity index (χ2v) is 6.41. The summed E-state index contributed by atoms with van der Waals surface area (Å²) in [7, 11) is 4.24. The maximum absolute atomic E-state index is 4.41. The van der Waals surface area contributed by atoms with Gasteiger partial charge < -0.3 is 4.57 Å². The summed E-state index contributed by atoms with van der Waals surface area (Å²) < 4.78 is 4.17. The lowest BCUT2D eigenvalue weighted by Gasteiger charge is -2.16. The van der Waals surface area contributed by atoms with E-state index in [9.17, 15) is 0 Å². The minimum Gasteiger partial charge on any atom is -0.351 e. The topological polar surface area (TPSA) is 26.0 Å². The molecule has 2 aromatic heterocycles. The summed E-state index contributed by atoms with van der Waals surface area (Å²) in [5.41, 5.74) is 3.89. The average Bonchev–Trinajstić information content (AvgIpc) is 3.06. The Labute approximate surface area is 132 Å². The molecule has 3 aromatic rings. The minimum atomic E-state index is 0.416. The van der Waals surface area contributed by atoms with E-state index in [0.717, 1.165) is 13.1 Å². The number of aromatic nitrogens is 3. The van der Waals surface area contributed by atoms with Crippen LogP contribution >= 0.6 is 0 Å². The van der Waals surface area contributed by atoms with Gasteiger partial charge in [-0.05, 0) is 50.0 Å². The van der Waals surface area contributed by atoms with Crippen LogP contribution in [0, 0.1) is 0 Å². The fourth-order valence-electron chi connectivity index (χ4n) is 2.85. The van der Waals surface area contributed by atoms with Gasteiger partial charge in [-0.25, -0.2) is 0 Å². The first-order valence-electron chi connectivity index (χ1n) is 7.78. The van der Waals surface area contributed by atoms with Crippen molar-refractivity contribution in [1.29, 1.82) is 0 Å².